The van der Waals surface area contributed by atoms with Crippen molar-refractivity contribution in [1.82, 2.24) is 13.8 Å². The molecule has 0 N–H and O–H groups in total. The highest BCUT2D eigenvalue weighted by Gasteiger charge is 2.29. The van der Waals surface area contributed by atoms with E-state index in [-0.39, 0.29) is 4.90 Å². The van der Waals surface area contributed by atoms with E-state index < -0.39 is 16.1 Å². The van der Waals surface area contributed by atoms with E-state index in [1.54, 1.807) is 24.4 Å². The topological polar surface area (TPSA) is 78.6 Å². The predicted octanol–water partition coefficient (Wildman–Crippen LogP) is 2.70. The molecule has 0 amide bonds. The van der Waals surface area contributed by atoms with Gasteiger partial charge in [-0.25, -0.2) is 12.4 Å². The Labute approximate surface area is 176 Å². The van der Waals surface area contributed by atoms with Crippen molar-refractivity contribution in [2.24, 2.45) is 0 Å². The summed E-state index contributed by atoms with van der Waals surface area (Å²) in [6.07, 6.45) is 1.61. The Hall–Kier alpha value is -2.86. The molecule has 0 unspecified atom stereocenters. The minimum atomic E-state index is -3.83. The molecule has 8 heteroatoms. The van der Waals surface area contributed by atoms with Gasteiger partial charge in [0, 0.05) is 43.3 Å². The van der Waals surface area contributed by atoms with Crippen molar-refractivity contribution in [2.75, 3.05) is 40.3 Å². The molecule has 0 aliphatic carbocycles. The summed E-state index contributed by atoms with van der Waals surface area (Å²) in [5.74, 6) is 0.589. The van der Waals surface area contributed by atoms with Crippen LogP contribution in [0.1, 0.15) is 11.6 Å². The van der Waals surface area contributed by atoms with Crippen LogP contribution in [0.3, 0.4) is 0 Å². The Morgan fingerprint density at radius 3 is 2.33 bits per heavy atom. The Bertz CT molecular complexity index is 1190. The van der Waals surface area contributed by atoms with Gasteiger partial charge in [0.2, 0.25) is 0 Å². The minimum Gasteiger partial charge on any atom is -0.497 e. The fraction of sp³-hybridized carbons (Fsp3) is 0.318. The van der Waals surface area contributed by atoms with Gasteiger partial charge in [-0.2, -0.15) is 5.26 Å². The summed E-state index contributed by atoms with van der Waals surface area (Å²) >= 11 is 0. The molecule has 0 spiro atoms. The average molecular weight is 425 g/mol. The van der Waals surface area contributed by atoms with Gasteiger partial charge < -0.3 is 9.64 Å². The molecule has 1 aromatic heterocycles. The van der Waals surface area contributed by atoms with Crippen LogP contribution in [0.15, 0.2) is 59.6 Å². The fourth-order valence-electron chi connectivity index (χ4n) is 3.88. The molecule has 0 saturated carbocycles. The Kier molecular flexibility index (Phi) is 5.52. The lowest BCUT2D eigenvalue weighted by Crippen LogP contribution is -2.45. The molecular formula is C22H24N4O3S. The normalized spacial score (nSPS) is 17.0. The molecule has 156 valence electrons. The zero-order valence-corrected chi connectivity index (χ0v) is 17.8. The number of piperazine rings is 1. The highest BCUT2D eigenvalue weighted by molar-refractivity contribution is 7.90. The summed E-state index contributed by atoms with van der Waals surface area (Å²) in [5, 5.41) is 10.7. The van der Waals surface area contributed by atoms with Gasteiger partial charge in [0.15, 0.2) is 0 Å². The van der Waals surface area contributed by atoms with Crippen LogP contribution in [0.2, 0.25) is 0 Å². The second kappa shape index (κ2) is 8.11. The molecule has 3 aromatic rings. The SMILES string of the molecule is COc1ccc(S(=O)(=O)n2cc([C@H](C#N)N3CCN(C)CC3)c3ccccc32)cc1. The monoisotopic (exact) mass is 424 g/mol. The molecule has 2 aromatic carbocycles. The number of nitriles is 1. The standard InChI is InChI=1S/C22H24N4O3S/c1-24-11-13-25(14-12-24)22(15-23)20-16-26(21-6-4-3-5-19(20)21)30(27,28)18-9-7-17(29-2)8-10-18/h3-10,16,22H,11-14H2,1-2H3/t22-/m0/s1. The van der Waals surface area contributed by atoms with Crippen LogP contribution >= 0.6 is 0 Å². The van der Waals surface area contributed by atoms with Crippen molar-refractivity contribution in [3.63, 3.8) is 0 Å². The van der Waals surface area contributed by atoms with Crippen LogP contribution in [0, 0.1) is 11.3 Å². The molecule has 1 aliphatic rings. The Morgan fingerprint density at radius 2 is 1.70 bits per heavy atom. The first-order valence-corrected chi connectivity index (χ1v) is 11.2. The number of rotatable bonds is 5. The lowest BCUT2D eigenvalue weighted by Gasteiger charge is -2.35. The van der Waals surface area contributed by atoms with Gasteiger partial charge in [-0.05, 0) is 37.4 Å². The van der Waals surface area contributed by atoms with E-state index in [2.05, 4.69) is 22.9 Å². The van der Waals surface area contributed by atoms with Crippen LogP contribution in [0.4, 0.5) is 0 Å². The van der Waals surface area contributed by atoms with Gasteiger partial charge in [-0.3, -0.25) is 4.90 Å². The lowest BCUT2D eigenvalue weighted by atomic mass is 10.0. The summed E-state index contributed by atoms with van der Waals surface area (Å²) in [4.78, 5) is 4.51. The highest BCUT2D eigenvalue weighted by Crippen LogP contribution is 2.33. The number of fused-ring (bicyclic) bond motifs is 1. The molecule has 1 saturated heterocycles. The number of ether oxygens (including phenoxy) is 1. The number of methoxy groups -OCH3 is 1. The average Bonchev–Trinajstić information content (AvgIpc) is 3.16. The Morgan fingerprint density at radius 1 is 1.03 bits per heavy atom. The highest BCUT2D eigenvalue weighted by atomic mass is 32.2. The van der Waals surface area contributed by atoms with Crippen LogP contribution in [-0.2, 0) is 10.0 Å². The van der Waals surface area contributed by atoms with E-state index >= 15 is 0 Å². The second-order valence-electron chi connectivity index (χ2n) is 7.45. The van der Waals surface area contributed by atoms with Gasteiger partial charge >= 0.3 is 0 Å². The Balaban J connectivity index is 1.81. The summed E-state index contributed by atoms with van der Waals surface area (Å²) in [6.45, 7) is 3.28. The molecule has 4 rings (SSSR count). The molecule has 7 nitrogen and oxygen atoms in total. The number of nitrogens with zero attached hydrogens (tertiary/aromatic N) is 4. The van der Waals surface area contributed by atoms with Crippen LogP contribution < -0.4 is 4.74 Å². The number of likely N-dealkylation sites (N-methyl/N-ethyl adjacent to an activating group) is 1. The third-order valence-corrected chi connectivity index (χ3v) is 7.33. The fourth-order valence-corrected chi connectivity index (χ4v) is 5.26. The second-order valence-corrected chi connectivity index (χ2v) is 9.26. The smallest absolute Gasteiger partial charge is 0.268 e. The quantitative estimate of drug-likeness (QED) is 0.627. The molecule has 1 atom stereocenters. The van der Waals surface area contributed by atoms with Crippen molar-refractivity contribution in [1.29, 1.82) is 5.26 Å². The summed E-state index contributed by atoms with van der Waals surface area (Å²) in [6, 6.07) is 15.5. The first kappa shape index (κ1) is 20.4. The maximum absolute atomic E-state index is 13.4. The van der Waals surface area contributed by atoms with Gasteiger partial charge in [0.25, 0.3) is 10.0 Å². The van der Waals surface area contributed by atoms with Crippen molar-refractivity contribution in [3.05, 3.63) is 60.3 Å². The maximum atomic E-state index is 13.4. The number of hydrogen-bond donors (Lipinski definition) is 0. The van der Waals surface area contributed by atoms with Crippen molar-refractivity contribution >= 4 is 20.9 Å². The molecule has 1 fully saturated rings. The van der Waals surface area contributed by atoms with Crippen LogP contribution in [0.5, 0.6) is 5.75 Å². The first-order chi connectivity index (χ1) is 14.5. The molecular weight excluding hydrogens is 400 g/mol. The number of para-hydroxylation sites is 1. The van der Waals surface area contributed by atoms with Crippen LogP contribution in [0.25, 0.3) is 10.9 Å². The van der Waals surface area contributed by atoms with E-state index in [1.165, 1.54) is 23.2 Å². The number of hydrogen-bond acceptors (Lipinski definition) is 6. The number of aromatic nitrogens is 1. The lowest BCUT2D eigenvalue weighted by molar-refractivity contribution is 0.133. The molecule has 0 bridgehead atoms. The minimum absolute atomic E-state index is 0.170. The van der Waals surface area contributed by atoms with Gasteiger partial charge in [-0.15, -0.1) is 0 Å². The van der Waals surface area contributed by atoms with Crippen molar-refractivity contribution in [2.45, 2.75) is 10.9 Å². The third-order valence-electron chi connectivity index (χ3n) is 5.64. The molecule has 2 heterocycles. The van der Waals surface area contributed by atoms with Crippen molar-refractivity contribution < 1.29 is 13.2 Å². The zero-order chi connectivity index (χ0) is 21.3. The number of benzene rings is 2. The first-order valence-electron chi connectivity index (χ1n) is 9.77. The summed E-state index contributed by atoms with van der Waals surface area (Å²) in [5.41, 5.74) is 1.28. The third kappa shape index (κ3) is 3.56. The predicted molar refractivity (Wildman–Crippen MR) is 115 cm³/mol. The van der Waals surface area contributed by atoms with Gasteiger partial charge in [-0.1, -0.05) is 18.2 Å². The van der Waals surface area contributed by atoms with Gasteiger partial charge in [0.05, 0.1) is 23.6 Å². The van der Waals surface area contributed by atoms with Crippen LogP contribution in [-0.4, -0.2) is 62.5 Å². The largest absolute Gasteiger partial charge is 0.497 e. The van der Waals surface area contributed by atoms with E-state index in [0.29, 0.717) is 11.3 Å². The summed E-state index contributed by atoms with van der Waals surface area (Å²) < 4.78 is 33.2. The molecule has 0 radical (unpaired) electrons. The molecule has 30 heavy (non-hydrogen) atoms. The van der Waals surface area contributed by atoms with E-state index in [0.717, 1.165) is 37.1 Å². The molecule has 1 aliphatic heterocycles. The van der Waals surface area contributed by atoms with E-state index in [1.807, 2.05) is 18.2 Å². The van der Waals surface area contributed by atoms with Crippen molar-refractivity contribution in [3.8, 4) is 11.8 Å². The zero-order valence-electron chi connectivity index (χ0n) is 17.0. The van der Waals surface area contributed by atoms with Gasteiger partial charge in [0.1, 0.15) is 11.8 Å². The van der Waals surface area contributed by atoms with E-state index in [4.69, 9.17) is 4.74 Å². The maximum Gasteiger partial charge on any atom is 0.268 e. The summed E-state index contributed by atoms with van der Waals surface area (Å²) in [7, 11) is -0.227. The van der Waals surface area contributed by atoms with E-state index in [9.17, 15) is 13.7 Å².